The molecule has 1 aliphatic heterocycles. The summed E-state index contributed by atoms with van der Waals surface area (Å²) in [5.41, 5.74) is 0.411. The second-order valence-electron chi connectivity index (χ2n) is 5.94. The number of benzene rings is 1. The number of morpholine rings is 1. The number of methoxy groups -OCH3 is 2. The summed E-state index contributed by atoms with van der Waals surface area (Å²) in [6, 6.07) is 2.97. The maximum Gasteiger partial charge on any atom is 0.163 e. The van der Waals surface area contributed by atoms with Gasteiger partial charge in [0.25, 0.3) is 0 Å². The normalized spacial score (nSPS) is 15.3. The monoisotopic (exact) mass is 349 g/mol. The highest BCUT2D eigenvalue weighted by Gasteiger charge is 2.17. The third-order valence-electron chi connectivity index (χ3n) is 4.41. The number of ether oxygens (including phenoxy) is 3. The van der Waals surface area contributed by atoms with Crippen LogP contribution in [-0.2, 0) is 11.3 Å². The van der Waals surface area contributed by atoms with Crippen molar-refractivity contribution in [3.05, 3.63) is 30.3 Å². The Balaban J connectivity index is 1.72. The van der Waals surface area contributed by atoms with Gasteiger partial charge in [-0.05, 0) is 12.5 Å². The minimum atomic E-state index is -0.377. The molecule has 7 heteroatoms. The van der Waals surface area contributed by atoms with Gasteiger partial charge < -0.3 is 18.8 Å². The molecule has 0 amide bonds. The lowest BCUT2D eigenvalue weighted by atomic mass is 10.1. The molecule has 136 valence electrons. The SMILES string of the molecule is COc1cc(F)c(-c2nccn2CCCN2CCOCC2)cc1OC. The molecule has 1 aromatic carbocycles. The highest BCUT2D eigenvalue weighted by molar-refractivity contribution is 5.62. The van der Waals surface area contributed by atoms with Crippen molar-refractivity contribution in [3.63, 3.8) is 0 Å². The molecule has 3 rings (SSSR count). The summed E-state index contributed by atoms with van der Waals surface area (Å²) in [5.74, 6) is 1.08. The van der Waals surface area contributed by atoms with Gasteiger partial charge in [-0.15, -0.1) is 0 Å². The lowest BCUT2D eigenvalue weighted by Gasteiger charge is -2.26. The molecule has 2 heterocycles. The topological polar surface area (TPSA) is 48.8 Å². The van der Waals surface area contributed by atoms with Gasteiger partial charge in [0.15, 0.2) is 11.5 Å². The van der Waals surface area contributed by atoms with Crippen LogP contribution >= 0.6 is 0 Å². The highest BCUT2D eigenvalue weighted by Crippen LogP contribution is 2.34. The fourth-order valence-electron chi connectivity index (χ4n) is 3.05. The Labute approximate surface area is 147 Å². The molecule has 1 aromatic heterocycles. The minimum absolute atomic E-state index is 0.370. The summed E-state index contributed by atoms with van der Waals surface area (Å²) in [5, 5.41) is 0. The molecule has 25 heavy (non-hydrogen) atoms. The van der Waals surface area contributed by atoms with E-state index in [9.17, 15) is 4.39 Å². The van der Waals surface area contributed by atoms with Gasteiger partial charge in [0.1, 0.15) is 11.6 Å². The van der Waals surface area contributed by atoms with E-state index >= 15 is 0 Å². The van der Waals surface area contributed by atoms with Gasteiger partial charge in [-0.25, -0.2) is 9.37 Å². The first-order chi connectivity index (χ1) is 12.2. The number of rotatable bonds is 7. The molecule has 0 saturated carbocycles. The van der Waals surface area contributed by atoms with Gasteiger partial charge in [-0.1, -0.05) is 0 Å². The lowest BCUT2D eigenvalue weighted by Crippen LogP contribution is -2.37. The summed E-state index contributed by atoms with van der Waals surface area (Å²) in [4.78, 5) is 6.72. The fraction of sp³-hybridized carbons (Fsp3) is 0.500. The molecule has 6 nitrogen and oxygen atoms in total. The molecule has 0 atom stereocenters. The number of nitrogens with zero attached hydrogens (tertiary/aromatic N) is 3. The van der Waals surface area contributed by atoms with Crippen LogP contribution in [0.1, 0.15) is 6.42 Å². The van der Waals surface area contributed by atoms with E-state index in [0.29, 0.717) is 22.9 Å². The molecule has 1 fully saturated rings. The van der Waals surface area contributed by atoms with Crippen molar-refractivity contribution >= 4 is 0 Å². The zero-order valence-electron chi connectivity index (χ0n) is 14.7. The molecule has 0 radical (unpaired) electrons. The second-order valence-corrected chi connectivity index (χ2v) is 5.94. The molecule has 0 N–H and O–H groups in total. The van der Waals surface area contributed by atoms with E-state index in [0.717, 1.165) is 45.8 Å². The number of aromatic nitrogens is 2. The zero-order chi connectivity index (χ0) is 17.6. The van der Waals surface area contributed by atoms with Crippen molar-refractivity contribution in [2.24, 2.45) is 0 Å². The van der Waals surface area contributed by atoms with Crippen LogP contribution in [0.3, 0.4) is 0 Å². The van der Waals surface area contributed by atoms with Crippen LogP contribution in [0, 0.1) is 5.82 Å². The predicted octanol–water partition coefficient (Wildman–Crippen LogP) is 2.43. The Morgan fingerprint density at radius 1 is 1.12 bits per heavy atom. The van der Waals surface area contributed by atoms with Gasteiger partial charge in [-0.3, -0.25) is 4.90 Å². The third kappa shape index (κ3) is 4.11. The fourth-order valence-corrected chi connectivity index (χ4v) is 3.05. The predicted molar refractivity (Wildman–Crippen MR) is 92.6 cm³/mol. The van der Waals surface area contributed by atoms with Crippen molar-refractivity contribution in [2.45, 2.75) is 13.0 Å². The van der Waals surface area contributed by atoms with Crippen LogP contribution in [0.4, 0.5) is 4.39 Å². The largest absolute Gasteiger partial charge is 0.493 e. The highest BCUT2D eigenvalue weighted by atomic mass is 19.1. The second kappa shape index (κ2) is 8.31. The van der Waals surface area contributed by atoms with Crippen LogP contribution < -0.4 is 9.47 Å². The van der Waals surface area contributed by atoms with Crippen LogP contribution in [0.2, 0.25) is 0 Å². The first-order valence-electron chi connectivity index (χ1n) is 8.46. The minimum Gasteiger partial charge on any atom is -0.493 e. The van der Waals surface area contributed by atoms with E-state index in [2.05, 4.69) is 9.88 Å². The number of halogens is 1. The van der Waals surface area contributed by atoms with E-state index in [4.69, 9.17) is 14.2 Å². The number of hydrogen-bond donors (Lipinski definition) is 0. The van der Waals surface area contributed by atoms with Crippen molar-refractivity contribution in [1.29, 1.82) is 0 Å². The van der Waals surface area contributed by atoms with Gasteiger partial charge in [0, 0.05) is 44.6 Å². The Morgan fingerprint density at radius 2 is 1.84 bits per heavy atom. The molecule has 0 spiro atoms. The van der Waals surface area contributed by atoms with Gasteiger partial charge in [-0.2, -0.15) is 0 Å². The smallest absolute Gasteiger partial charge is 0.163 e. The molecular formula is C18H24FN3O3. The van der Waals surface area contributed by atoms with E-state index in [1.807, 2.05) is 10.8 Å². The molecule has 0 unspecified atom stereocenters. The summed E-state index contributed by atoms with van der Waals surface area (Å²) >= 11 is 0. The molecular weight excluding hydrogens is 325 g/mol. The van der Waals surface area contributed by atoms with Crippen LogP contribution in [0.25, 0.3) is 11.4 Å². The quantitative estimate of drug-likeness (QED) is 0.768. The molecule has 0 aliphatic carbocycles. The molecule has 1 aliphatic rings. The lowest BCUT2D eigenvalue weighted by molar-refractivity contribution is 0.0369. The van der Waals surface area contributed by atoms with Crippen LogP contribution in [-0.4, -0.2) is 61.5 Å². The Hall–Kier alpha value is -2.12. The molecule has 0 bridgehead atoms. The first-order valence-corrected chi connectivity index (χ1v) is 8.46. The number of imidazole rings is 1. The standard InChI is InChI=1S/C18H24FN3O3/c1-23-16-12-14(15(19)13-17(16)24-2)18-20-4-7-22(18)6-3-5-21-8-10-25-11-9-21/h4,7,12-13H,3,5-6,8-11H2,1-2H3. The maximum absolute atomic E-state index is 14.5. The van der Waals surface area contributed by atoms with Gasteiger partial charge in [0.2, 0.25) is 0 Å². The van der Waals surface area contributed by atoms with Gasteiger partial charge >= 0.3 is 0 Å². The third-order valence-corrected chi connectivity index (χ3v) is 4.41. The first kappa shape index (κ1) is 17.7. The van der Waals surface area contributed by atoms with Crippen LogP contribution in [0.15, 0.2) is 24.5 Å². The number of aryl methyl sites for hydroxylation is 1. The molecule has 1 saturated heterocycles. The average Bonchev–Trinajstić information content (AvgIpc) is 3.10. The zero-order valence-corrected chi connectivity index (χ0v) is 14.7. The van der Waals surface area contributed by atoms with Gasteiger partial charge in [0.05, 0.1) is 33.0 Å². The molecule has 2 aromatic rings. The van der Waals surface area contributed by atoms with E-state index in [1.165, 1.54) is 20.3 Å². The maximum atomic E-state index is 14.5. The van der Waals surface area contributed by atoms with Crippen molar-refractivity contribution in [3.8, 4) is 22.9 Å². The van der Waals surface area contributed by atoms with Crippen molar-refractivity contribution < 1.29 is 18.6 Å². The Bertz CT molecular complexity index is 699. The van der Waals surface area contributed by atoms with Crippen molar-refractivity contribution in [2.75, 3.05) is 47.1 Å². The van der Waals surface area contributed by atoms with Crippen LogP contribution in [0.5, 0.6) is 11.5 Å². The summed E-state index contributed by atoms with van der Waals surface area (Å²) < 4.78 is 32.3. The average molecular weight is 349 g/mol. The van der Waals surface area contributed by atoms with E-state index in [1.54, 1.807) is 12.3 Å². The Morgan fingerprint density at radius 3 is 2.56 bits per heavy atom. The van der Waals surface area contributed by atoms with E-state index < -0.39 is 0 Å². The summed E-state index contributed by atoms with van der Waals surface area (Å²) in [7, 11) is 3.03. The summed E-state index contributed by atoms with van der Waals surface area (Å²) in [6.45, 7) is 5.32. The Kier molecular flexibility index (Phi) is 5.88. The summed E-state index contributed by atoms with van der Waals surface area (Å²) in [6.07, 6.45) is 4.54. The number of hydrogen-bond acceptors (Lipinski definition) is 5. The van der Waals surface area contributed by atoms with Crippen molar-refractivity contribution in [1.82, 2.24) is 14.5 Å². The van der Waals surface area contributed by atoms with E-state index in [-0.39, 0.29) is 5.82 Å².